The number of fused-ring (bicyclic) bond motifs is 3. The van der Waals surface area contributed by atoms with Crippen LogP contribution in [0.3, 0.4) is 0 Å². The molecule has 2 heterocycles. The molecule has 7 nitrogen and oxygen atoms in total. The summed E-state index contributed by atoms with van der Waals surface area (Å²) in [5.41, 5.74) is 3.09. The van der Waals surface area contributed by atoms with E-state index in [4.69, 9.17) is 9.47 Å². The maximum absolute atomic E-state index is 13.0. The molecule has 4 aromatic rings. The SMILES string of the molecule is CCOC(=O)c1nn(-c2cccc(OCc3ccccc3)c2)c2c1CS(=O)(=O)c1ccccc1-2. The lowest BCUT2D eigenvalue weighted by Gasteiger charge is -2.19. The lowest BCUT2D eigenvalue weighted by atomic mass is 10.1. The summed E-state index contributed by atoms with van der Waals surface area (Å²) in [7, 11) is -3.63. The first kappa shape index (κ1) is 21.9. The second kappa shape index (κ2) is 8.79. The molecule has 0 radical (unpaired) electrons. The Balaban J connectivity index is 1.62. The Hall–Kier alpha value is -3.91. The topological polar surface area (TPSA) is 87.5 Å². The van der Waals surface area contributed by atoms with Crippen LogP contribution in [0.1, 0.15) is 28.5 Å². The van der Waals surface area contributed by atoms with Gasteiger partial charge >= 0.3 is 5.97 Å². The fraction of sp³-hybridized carbons (Fsp3) is 0.154. The summed E-state index contributed by atoms with van der Waals surface area (Å²) in [5.74, 6) is -0.346. The second-order valence-electron chi connectivity index (χ2n) is 7.83. The van der Waals surface area contributed by atoms with Crippen LogP contribution in [-0.4, -0.2) is 30.8 Å². The predicted octanol–water partition coefficient (Wildman–Crippen LogP) is 4.58. The number of rotatable bonds is 6. The zero-order valence-corrected chi connectivity index (χ0v) is 19.3. The summed E-state index contributed by atoms with van der Waals surface area (Å²) in [6.07, 6.45) is 0. The van der Waals surface area contributed by atoms with Gasteiger partial charge in [-0.25, -0.2) is 17.9 Å². The molecule has 1 aromatic heterocycles. The number of carbonyl (C=O) groups excluding carboxylic acids is 1. The largest absolute Gasteiger partial charge is 0.489 e. The summed E-state index contributed by atoms with van der Waals surface area (Å²) in [5, 5.41) is 4.53. The van der Waals surface area contributed by atoms with E-state index in [-0.39, 0.29) is 22.9 Å². The summed E-state index contributed by atoms with van der Waals surface area (Å²) < 4.78 is 38.7. The number of benzene rings is 3. The average Bonchev–Trinajstić information content (AvgIpc) is 3.23. The third-order valence-electron chi connectivity index (χ3n) is 5.57. The molecule has 0 N–H and O–H groups in total. The zero-order valence-electron chi connectivity index (χ0n) is 18.5. The number of aromatic nitrogens is 2. The Morgan fingerprint density at radius 3 is 2.56 bits per heavy atom. The van der Waals surface area contributed by atoms with Crippen molar-refractivity contribution in [2.75, 3.05) is 6.61 Å². The van der Waals surface area contributed by atoms with E-state index < -0.39 is 15.8 Å². The molecule has 0 spiro atoms. The highest BCUT2D eigenvalue weighted by molar-refractivity contribution is 7.90. The molecule has 5 rings (SSSR count). The van der Waals surface area contributed by atoms with Crippen molar-refractivity contribution in [1.29, 1.82) is 0 Å². The van der Waals surface area contributed by atoms with E-state index in [9.17, 15) is 13.2 Å². The number of sulfone groups is 1. The third-order valence-corrected chi connectivity index (χ3v) is 7.27. The van der Waals surface area contributed by atoms with Crippen molar-refractivity contribution in [3.05, 3.63) is 95.7 Å². The molecule has 0 bridgehead atoms. The fourth-order valence-corrected chi connectivity index (χ4v) is 5.66. The standard InChI is InChI=1S/C26H22N2O5S/c1-2-32-26(29)24-22-17-34(30,31)23-14-7-6-13-21(23)25(22)28(27-24)19-11-8-12-20(15-19)33-16-18-9-4-3-5-10-18/h3-15H,2,16-17H2,1H3. The molecule has 1 aliphatic heterocycles. The minimum atomic E-state index is -3.63. The minimum Gasteiger partial charge on any atom is -0.489 e. The molecular weight excluding hydrogens is 452 g/mol. The van der Waals surface area contributed by atoms with E-state index >= 15 is 0 Å². The Bertz CT molecular complexity index is 1480. The number of hydrogen-bond donors (Lipinski definition) is 0. The number of nitrogens with zero attached hydrogens (tertiary/aromatic N) is 2. The van der Waals surface area contributed by atoms with Gasteiger partial charge in [0, 0.05) is 17.2 Å². The average molecular weight is 475 g/mol. The van der Waals surface area contributed by atoms with Gasteiger partial charge in [0.1, 0.15) is 12.4 Å². The first-order valence-electron chi connectivity index (χ1n) is 10.9. The molecule has 0 saturated heterocycles. The number of ether oxygens (including phenoxy) is 2. The predicted molar refractivity (Wildman–Crippen MR) is 127 cm³/mol. The van der Waals surface area contributed by atoms with E-state index in [1.165, 1.54) is 0 Å². The van der Waals surface area contributed by atoms with Crippen LogP contribution in [0.2, 0.25) is 0 Å². The van der Waals surface area contributed by atoms with E-state index in [1.54, 1.807) is 35.9 Å². The minimum absolute atomic E-state index is 0.00513. The van der Waals surface area contributed by atoms with Crippen LogP contribution in [0.5, 0.6) is 5.75 Å². The van der Waals surface area contributed by atoms with Crippen molar-refractivity contribution in [2.24, 2.45) is 0 Å². The monoisotopic (exact) mass is 474 g/mol. The highest BCUT2D eigenvalue weighted by atomic mass is 32.2. The van der Waals surface area contributed by atoms with Gasteiger partial charge in [0.05, 0.1) is 28.6 Å². The normalized spacial score (nSPS) is 13.6. The van der Waals surface area contributed by atoms with Gasteiger partial charge in [-0.05, 0) is 30.7 Å². The molecule has 0 amide bonds. The molecule has 0 saturated carbocycles. The van der Waals surface area contributed by atoms with Crippen LogP contribution in [0.4, 0.5) is 0 Å². The van der Waals surface area contributed by atoms with Crippen molar-refractivity contribution in [1.82, 2.24) is 9.78 Å². The lowest BCUT2D eigenvalue weighted by Crippen LogP contribution is -2.16. The van der Waals surface area contributed by atoms with Crippen molar-refractivity contribution < 1.29 is 22.7 Å². The van der Waals surface area contributed by atoms with Gasteiger partial charge < -0.3 is 9.47 Å². The van der Waals surface area contributed by atoms with Crippen LogP contribution in [0.15, 0.2) is 83.8 Å². The summed E-state index contributed by atoms with van der Waals surface area (Å²) in [6.45, 7) is 2.25. The van der Waals surface area contributed by atoms with Crippen LogP contribution in [-0.2, 0) is 26.9 Å². The van der Waals surface area contributed by atoms with Gasteiger partial charge in [-0.3, -0.25) is 0 Å². The van der Waals surface area contributed by atoms with Gasteiger partial charge in [-0.15, -0.1) is 0 Å². The van der Waals surface area contributed by atoms with E-state index in [0.29, 0.717) is 34.9 Å². The van der Waals surface area contributed by atoms with Gasteiger partial charge in [0.25, 0.3) is 0 Å². The maximum atomic E-state index is 13.0. The van der Waals surface area contributed by atoms with Gasteiger partial charge in [0.2, 0.25) is 0 Å². The second-order valence-corrected chi connectivity index (χ2v) is 9.79. The molecule has 3 aromatic carbocycles. The smallest absolute Gasteiger partial charge is 0.359 e. The highest BCUT2D eigenvalue weighted by Gasteiger charge is 2.36. The molecular formula is C26H22N2O5S. The molecule has 0 fully saturated rings. The Kier molecular flexibility index (Phi) is 5.67. The summed E-state index contributed by atoms with van der Waals surface area (Å²) in [4.78, 5) is 12.9. The third kappa shape index (κ3) is 3.97. The molecule has 1 aliphatic rings. The number of carbonyl (C=O) groups is 1. The van der Waals surface area contributed by atoms with Crippen LogP contribution in [0.25, 0.3) is 16.9 Å². The first-order chi connectivity index (χ1) is 16.5. The van der Waals surface area contributed by atoms with E-state index in [2.05, 4.69) is 5.10 Å². The maximum Gasteiger partial charge on any atom is 0.359 e. The molecule has 0 atom stereocenters. The van der Waals surface area contributed by atoms with Crippen LogP contribution >= 0.6 is 0 Å². The Labute approximate surface area is 197 Å². The molecule has 0 aliphatic carbocycles. The Morgan fingerprint density at radius 2 is 1.76 bits per heavy atom. The van der Waals surface area contributed by atoms with Crippen molar-refractivity contribution in [2.45, 2.75) is 24.2 Å². The molecule has 172 valence electrons. The highest BCUT2D eigenvalue weighted by Crippen LogP contribution is 2.40. The first-order valence-corrected chi connectivity index (χ1v) is 12.5. The van der Waals surface area contributed by atoms with Crippen molar-refractivity contribution in [3.8, 4) is 22.7 Å². The van der Waals surface area contributed by atoms with Gasteiger partial charge in [-0.1, -0.05) is 54.6 Å². The van der Waals surface area contributed by atoms with E-state index in [1.807, 2.05) is 54.6 Å². The Morgan fingerprint density at radius 1 is 1.00 bits per heavy atom. The number of hydrogen-bond acceptors (Lipinski definition) is 6. The quantitative estimate of drug-likeness (QED) is 0.380. The molecule has 8 heteroatoms. The molecule has 0 unspecified atom stereocenters. The van der Waals surface area contributed by atoms with Gasteiger partial charge in [-0.2, -0.15) is 5.10 Å². The van der Waals surface area contributed by atoms with Crippen LogP contribution in [0, 0.1) is 0 Å². The fourth-order valence-electron chi connectivity index (χ4n) is 4.06. The zero-order chi connectivity index (χ0) is 23.7. The van der Waals surface area contributed by atoms with Crippen LogP contribution < -0.4 is 4.74 Å². The summed E-state index contributed by atoms with van der Waals surface area (Å²) in [6, 6.07) is 23.9. The lowest BCUT2D eigenvalue weighted by molar-refractivity contribution is 0.0518. The van der Waals surface area contributed by atoms with E-state index in [0.717, 1.165) is 5.56 Å². The van der Waals surface area contributed by atoms with Gasteiger partial charge in [0.15, 0.2) is 15.5 Å². The summed E-state index contributed by atoms with van der Waals surface area (Å²) >= 11 is 0. The molecule has 34 heavy (non-hydrogen) atoms. The number of esters is 1. The van der Waals surface area contributed by atoms with Crippen molar-refractivity contribution in [3.63, 3.8) is 0 Å². The van der Waals surface area contributed by atoms with Crippen molar-refractivity contribution >= 4 is 15.8 Å².